The van der Waals surface area contributed by atoms with E-state index in [1.165, 1.54) is 44.9 Å². The summed E-state index contributed by atoms with van der Waals surface area (Å²) in [5.74, 6) is 0.0133. The summed E-state index contributed by atoms with van der Waals surface area (Å²) in [4.78, 5) is 49.4. The summed E-state index contributed by atoms with van der Waals surface area (Å²) in [5.41, 5.74) is 6.77. The number of nitrogens with zero attached hydrogens (tertiary/aromatic N) is 4. The van der Waals surface area contributed by atoms with Gasteiger partial charge in [0, 0.05) is 37.0 Å². The number of aromatic nitrogens is 2. The van der Waals surface area contributed by atoms with Gasteiger partial charge in [0.1, 0.15) is 5.71 Å². The first-order valence-electron chi connectivity index (χ1n) is 15.4. The number of amides is 1. The molecule has 41 heavy (non-hydrogen) atoms. The molecule has 4 fully saturated rings. The zero-order valence-electron chi connectivity index (χ0n) is 23.6. The van der Waals surface area contributed by atoms with Crippen LogP contribution in [0, 0.1) is 11.8 Å². The van der Waals surface area contributed by atoms with Crippen molar-refractivity contribution in [2.75, 3.05) is 6.61 Å². The largest absolute Gasteiger partial charge is 0.479 e. The van der Waals surface area contributed by atoms with Crippen molar-refractivity contribution in [2.45, 2.75) is 108 Å². The van der Waals surface area contributed by atoms with Gasteiger partial charge in [0.2, 0.25) is 12.5 Å². The van der Waals surface area contributed by atoms with Gasteiger partial charge in [-0.25, -0.2) is 9.78 Å². The second kappa shape index (κ2) is 11.9. The van der Waals surface area contributed by atoms with Gasteiger partial charge in [0.05, 0.1) is 11.0 Å². The van der Waals surface area contributed by atoms with Crippen LogP contribution in [0.3, 0.4) is 0 Å². The standard InChI is InChI=1S/C31H41N5O5/c32-28(37)12-11-26(34-41-18-29(38)39)30-31(40)36(27-10-2-1-9-25(27)33-30)24-16-21-7-4-8-22(17-24)35(21)23-14-19-5-3-6-20(13-19)15-23/h1-2,9-10,19-24H,3-8,11-18H2,(H2,32,37)(H,38,39)/b34-26+/t19-,20?,21-,22+,23+,24+/m0/s1. The number of aliphatic carboxylic acids is 1. The van der Waals surface area contributed by atoms with Crippen LogP contribution in [0.25, 0.3) is 11.0 Å². The second-order valence-electron chi connectivity index (χ2n) is 12.6. The maximum atomic E-state index is 14.2. The molecule has 3 N–H and O–H groups in total. The van der Waals surface area contributed by atoms with Gasteiger partial charge in [0.25, 0.3) is 5.56 Å². The van der Waals surface area contributed by atoms with Crippen molar-refractivity contribution >= 4 is 28.6 Å². The van der Waals surface area contributed by atoms with Gasteiger partial charge in [-0.05, 0) is 68.9 Å². The summed E-state index contributed by atoms with van der Waals surface area (Å²) in [6.45, 7) is -0.660. The van der Waals surface area contributed by atoms with Crippen LogP contribution in [0.1, 0.15) is 95.2 Å². The summed E-state index contributed by atoms with van der Waals surface area (Å²) < 4.78 is 1.90. The quantitative estimate of drug-likeness (QED) is 0.347. The number of carboxylic acid groups (broad SMARTS) is 1. The molecule has 6 rings (SSSR count). The first-order chi connectivity index (χ1) is 19.9. The third-order valence-corrected chi connectivity index (χ3v) is 9.93. The van der Waals surface area contributed by atoms with Gasteiger partial charge >= 0.3 is 5.97 Å². The molecule has 1 unspecified atom stereocenters. The highest BCUT2D eigenvalue weighted by Crippen LogP contribution is 2.47. The molecule has 2 aromatic rings. The van der Waals surface area contributed by atoms with E-state index in [1.54, 1.807) is 0 Å². The highest BCUT2D eigenvalue weighted by atomic mass is 16.6. The van der Waals surface area contributed by atoms with Gasteiger partial charge in [-0.2, -0.15) is 0 Å². The highest BCUT2D eigenvalue weighted by molar-refractivity contribution is 6.01. The van der Waals surface area contributed by atoms with E-state index in [4.69, 9.17) is 15.7 Å². The van der Waals surface area contributed by atoms with E-state index in [9.17, 15) is 14.4 Å². The lowest BCUT2D eigenvalue weighted by Gasteiger charge is -2.55. The molecular formula is C31H41N5O5. The number of piperidine rings is 2. The average molecular weight is 564 g/mol. The number of fused-ring (bicyclic) bond motifs is 5. The molecule has 10 heteroatoms. The fourth-order valence-corrected chi connectivity index (χ4v) is 8.45. The molecule has 4 aliphatic rings. The normalized spacial score (nSPS) is 30.2. The lowest BCUT2D eigenvalue weighted by Crippen LogP contribution is -2.58. The predicted molar refractivity (Wildman–Crippen MR) is 155 cm³/mol. The predicted octanol–water partition coefficient (Wildman–Crippen LogP) is 3.99. The number of benzene rings is 1. The molecule has 3 heterocycles. The van der Waals surface area contributed by atoms with Crippen LogP contribution >= 0.6 is 0 Å². The molecule has 6 atom stereocenters. The number of carbonyl (C=O) groups is 2. The molecule has 1 aromatic heterocycles. The first-order valence-corrected chi connectivity index (χ1v) is 15.4. The zero-order valence-corrected chi connectivity index (χ0v) is 23.6. The van der Waals surface area contributed by atoms with Crippen LogP contribution in [-0.4, -0.2) is 61.9 Å². The van der Waals surface area contributed by atoms with E-state index < -0.39 is 18.5 Å². The number of rotatable bonds is 9. The van der Waals surface area contributed by atoms with Crippen molar-refractivity contribution in [3.05, 3.63) is 40.3 Å². The molecule has 4 bridgehead atoms. The second-order valence-corrected chi connectivity index (χ2v) is 12.6. The topological polar surface area (TPSA) is 140 Å². The van der Waals surface area contributed by atoms with Crippen LogP contribution < -0.4 is 11.3 Å². The average Bonchev–Trinajstić information content (AvgIpc) is 2.93. The van der Waals surface area contributed by atoms with Gasteiger partial charge in [-0.3, -0.25) is 14.5 Å². The van der Waals surface area contributed by atoms with Crippen molar-refractivity contribution < 1.29 is 19.5 Å². The Balaban J connectivity index is 1.34. The molecule has 2 saturated heterocycles. The number of hydrogen-bond acceptors (Lipinski definition) is 7. The minimum Gasteiger partial charge on any atom is -0.479 e. The number of hydrogen-bond donors (Lipinski definition) is 2. The molecule has 0 spiro atoms. The van der Waals surface area contributed by atoms with E-state index in [1.807, 2.05) is 28.8 Å². The van der Waals surface area contributed by atoms with E-state index in [0.29, 0.717) is 23.6 Å². The molecule has 1 aromatic carbocycles. The monoisotopic (exact) mass is 563 g/mol. The summed E-state index contributed by atoms with van der Waals surface area (Å²) in [7, 11) is 0. The number of carboxylic acids is 1. The van der Waals surface area contributed by atoms with Crippen LogP contribution in [0.15, 0.2) is 34.2 Å². The van der Waals surface area contributed by atoms with E-state index in [2.05, 4.69) is 15.0 Å². The lowest BCUT2D eigenvalue weighted by molar-refractivity contribution is -0.142. The van der Waals surface area contributed by atoms with Crippen molar-refractivity contribution in [2.24, 2.45) is 22.7 Å². The Labute approximate surface area is 239 Å². The number of carbonyl (C=O) groups excluding carboxylic acids is 1. The van der Waals surface area contributed by atoms with E-state index >= 15 is 0 Å². The number of para-hydroxylation sites is 2. The van der Waals surface area contributed by atoms with Crippen LogP contribution in [-0.2, 0) is 14.4 Å². The third kappa shape index (κ3) is 5.89. The van der Waals surface area contributed by atoms with Crippen molar-refractivity contribution in [3.8, 4) is 0 Å². The summed E-state index contributed by atoms with van der Waals surface area (Å²) in [5, 5.41) is 13.0. The molecule has 2 aliphatic carbocycles. The Bertz CT molecular complexity index is 1360. The van der Waals surface area contributed by atoms with Gasteiger partial charge < -0.3 is 20.2 Å². The summed E-state index contributed by atoms with van der Waals surface area (Å²) >= 11 is 0. The maximum Gasteiger partial charge on any atom is 0.344 e. The minimum atomic E-state index is -1.19. The lowest BCUT2D eigenvalue weighted by atomic mass is 9.68. The van der Waals surface area contributed by atoms with Gasteiger partial charge in [-0.1, -0.05) is 43.0 Å². The first kappa shape index (κ1) is 27.9. The Morgan fingerprint density at radius 3 is 2.29 bits per heavy atom. The number of oxime groups is 1. The minimum absolute atomic E-state index is 0.0149. The fraction of sp³-hybridized carbons (Fsp3) is 0.645. The SMILES string of the molecule is NC(=O)CC/C(=N\OCC(=O)O)c1nc2ccccc2n([C@H]2C[C@H]3CCC[C@@H](C2)N3[C@H]2CC3CCC[C@@H](C3)C2)c1=O. The maximum absolute atomic E-state index is 14.2. The van der Waals surface area contributed by atoms with Gasteiger partial charge in [0.15, 0.2) is 5.69 Å². The highest BCUT2D eigenvalue weighted by Gasteiger charge is 2.45. The smallest absolute Gasteiger partial charge is 0.344 e. The van der Waals surface area contributed by atoms with Crippen LogP contribution in [0.2, 0.25) is 0 Å². The molecule has 10 nitrogen and oxygen atoms in total. The van der Waals surface area contributed by atoms with Gasteiger partial charge in [-0.15, -0.1) is 0 Å². The molecule has 220 valence electrons. The van der Waals surface area contributed by atoms with Crippen molar-refractivity contribution in [1.82, 2.24) is 14.5 Å². The van der Waals surface area contributed by atoms with Crippen molar-refractivity contribution in [1.29, 1.82) is 0 Å². The molecule has 2 saturated carbocycles. The zero-order chi connectivity index (χ0) is 28.5. The molecule has 1 amide bonds. The third-order valence-electron chi connectivity index (χ3n) is 9.93. The van der Waals surface area contributed by atoms with Crippen molar-refractivity contribution in [3.63, 3.8) is 0 Å². The van der Waals surface area contributed by atoms with E-state index in [-0.39, 0.29) is 35.8 Å². The Morgan fingerprint density at radius 2 is 1.61 bits per heavy atom. The Hall–Kier alpha value is -3.27. The summed E-state index contributed by atoms with van der Waals surface area (Å²) in [6.07, 6.45) is 13.6. The van der Waals surface area contributed by atoms with Crippen LogP contribution in [0.4, 0.5) is 0 Å². The Kier molecular flexibility index (Phi) is 8.10. The number of primary amides is 1. The molecule has 0 radical (unpaired) electrons. The van der Waals surface area contributed by atoms with E-state index in [0.717, 1.165) is 43.0 Å². The molecular weight excluding hydrogens is 522 g/mol. The van der Waals surface area contributed by atoms with Crippen LogP contribution in [0.5, 0.6) is 0 Å². The summed E-state index contributed by atoms with van der Waals surface area (Å²) in [6, 6.07) is 9.22. The fourth-order valence-electron chi connectivity index (χ4n) is 8.45. The molecule has 2 aliphatic heterocycles. The Morgan fingerprint density at radius 1 is 0.927 bits per heavy atom. The number of nitrogens with two attached hydrogens (primary N) is 1.